The lowest BCUT2D eigenvalue weighted by Gasteiger charge is -2.20. The Kier molecular flexibility index (Phi) is 2.84. The molecule has 0 aliphatic carbocycles. The minimum atomic E-state index is -1.34. The highest BCUT2D eigenvalue weighted by Gasteiger charge is 2.27. The van der Waals surface area contributed by atoms with Crippen LogP contribution in [0.25, 0.3) is 0 Å². The fraction of sp³-hybridized carbons (Fsp3) is 0.857. The molecule has 0 fully saturated rings. The van der Waals surface area contributed by atoms with Crippen molar-refractivity contribution in [1.82, 2.24) is 0 Å². The number of nitrogens with two attached hydrogens (primary N) is 1. The van der Waals surface area contributed by atoms with Crippen molar-refractivity contribution >= 4 is 5.91 Å². The van der Waals surface area contributed by atoms with E-state index in [0.717, 1.165) is 0 Å². The van der Waals surface area contributed by atoms with Crippen LogP contribution >= 0.6 is 0 Å². The first-order chi connectivity index (χ1) is 4.36. The zero-order valence-electron chi connectivity index (χ0n) is 6.72. The normalized spacial score (nSPS) is 16.9. The number of hydrogen-bond acceptors (Lipinski definition) is 2. The van der Waals surface area contributed by atoms with E-state index in [1.165, 1.54) is 6.92 Å². The Morgan fingerprint density at radius 2 is 2.10 bits per heavy atom. The number of aliphatic hydroxyl groups is 1. The van der Waals surface area contributed by atoms with Crippen LogP contribution in [0.2, 0.25) is 0 Å². The van der Waals surface area contributed by atoms with Crippen molar-refractivity contribution in [2.75, 3.05) is 0 Å². The lowest BCUT2D eigenvalue weighted by atomic mass is 9.94. The molecule has 0 aromatic heterocycles. The molecule has 0 rings (SSSR count). The molecule has 0 spiro atoms. The van der Waals surface area contributed by atoms with Gasteiger partial charge in [0.15, 0.2) is 0 Å². The van der Waals surface area contributed by atoms with Gasteiger partial charge in [0, 0.05) is 0 Å². The van der Waals surface area contributed by atoms with Crippen molar-refractivity contribution in [3.63, 3.8) is 0 Å². The van der Waals surface area contributed by atoms with E-state index in [9.17, 15) is 9.90 Å². The van der Waals surface area contributed by atoms with Gasteiger partial charge in [0.2, 0.25) is 5.91 Å². The summed E-state index contributed by atoms with van der Waals surface area (Å²) in [5.41, 5.74) is 3.59. The predicted molar refractivity (Wildman–Crippen MR) is 39.3 cm³/mol. The second-order valence-corrected chi connectivity index (χ2v) is 3.24. The minimum Gasteiger partial charge on any atom is -0.380 e. The number of rotatable bonds is 3. The smallest absolute Gasteiger partial charge is 0.249 e. The number of hydrogen-bond donors (Lipinski definition) is 2. The van der Waals surface area contributed by atoms with Gasteiger partial charge in [0.25, 0.3) is 0 Å². The van der Waals surface area contributed by atoms with Crippen molar-refractivity contribution in [2.24, 2.45) is 11.7 Å². The Bertz CT molecular complexity index is 130. The maximum atomic E-state index is 10.5. The summed E-state index contributed by atoms with van der Waals surface area (Å²) in [5, 5.41) is 9.29. The molecular formula is C7H15NO2. The largest absolute Gasteiger partial charge is 0.380 e. The zero-order valence-corrected chi connectivity index (χ0v) is 6.72. The third kappa shape index (κ3) is 2.82. The van der Waals surface area contributed by atoms with E-state index >= 15 is 0 Å². The molecule has 0 bridgehead atoms. The van der Waals surface area contributed by atoms with Gasteiger partial charge in [-0.25, -0.2) is 0 Å². The third-order valence-electron chi connectivity index (χ3n) is 1.34. The molecule has 10 heavy (non-hydrogen) atoms. The Labute approximate surface area is 61.2 Å². The van der Waals surface area contributed by atoms with Crippen LogP contribution in [0.4, 0.5) is 0 Å². The van der Waals surface area contributed by atoms with Crippen LogP contribution in [0.1, 0.15) is 27.2 Å². The van der Waals surface area contributed by atoms with Crippen LogP contribution in [-0.4, -0.2) is 16.6 Å². The van der Waals surface area contributed by atoms with Crippen LogP contribution in [0, 0.1) is 5.92 Å². The van der Waals surface area contributed by atoms with Gasteiger partial charge in [0.1, 0.15) is 5.60 Å². The zero-order chi connectivity index (χ0) is 8.36. The summed E-state index contributed by atoms with van der Waals surface area (Å²) in [6.07, 6.45) is 0.419. The molecule has 60 valence electrons. The van der Waals surface area contributed by atoms with E-state index in [1.54, 1.807) is 0 Å². The van der Waals surface area contributed by atoms with Gasteiger partial charge >= 0.3 is 0 Å². The molecule has 0 aromatic carbocycles. The molecule has 3 N–H and O–H groups in total. The van der Waals surface area contributed by atoms with Crippen LogP contribution in [-0.2, 0) is 4.79 Å². The maximum absolute atomic E-state index is 10.5. The van der Waals surface area contributed by atoms with Gasteiger partial charge in [-0.2, -0.15) is 0 Å². The van der Waals surface area contributed by atoms with Crippen molar-refractivity contribution in [2.45, 2.75) is 32.8 Å². The van der Waals surface area contributed by atoms with Crippen molar-refractivity contribution in [1.29, 1.82) is 0 Å². The topological polar surface area (TPSA) is 63.3 Å². The van der Waals surface area contributed by atoms with Crippen LogP contribution in [0.3, 0.4) is 0 Å². The number of carbonyl (C=O) groups is 1. The van der Waals surface area contributed by atoms with E-state index in [4.69, 9.17) is 5.73 Å². The van der Waals surface area contributed by atoms with E-state index in [0.29, 0.717) is 6.42 Å². The lowest BCUT2D eigenvalue weighted by Crippen LogP contribution is -2.41. The first-order valence-corrected chi connectivity index (χ1v) is 3.38. The Hall–Kier alpha value is -0.570. The SMILES string of the molecule is CC(C)CC(C)(O)C(N)=O. The summed E-state index contributed by atoms with van der Waals surface area (Å²) in [6.45, 7) is 5.30. The fourth-order valence-electron chi connectivity index (χ4n) is 0.896. The van der Waals surface area contributed by atoms with Gasteiger partial charge in [-0.3, -0.25) is 4.79 Å². The molecule has 0 aliphatic rings. The highest BCUT2D eigenvalue weighted by Crippen LogP contribution is 2.14. The quantitative estimate of drug-likeness (QED) is 0.598. The summed E-state index contributed by atoms with van der Waals surface area (Å²) in [5.74, 6) is -0.372. The molecule has 3 nitrogen and oxygen atoms in total. The first kappa shape index (κ1) is 9.43. The predicted octanol–water partition coefficient (Wildman–Crippen LogP) is 0.269. The number of primary amides is 1. The Morgan fingerprint density at radius 1 is 1.70 bits per heavy atom. The molecular weight excluding hydrogens is 130 g/mol. The first-order valence-electron chi connectivity index (χ1n) is 3.38. The van der Waals surface area contributed by atoms with E-state index < -0.39 is 11.5 Å². The summed E-state index contributed by atoms with van der Waals surface area (Å²) >= 11 is 0. The van der Waals surface area contributed by atoms with E-state index in [1.807, 2.05) is 13.8 Å². The molecule has 0 radical (unpaired) electrons. The van der Waals surface area contributed by atoms with Gasteiger partial charge in [-0.15, -0.1) is 0 Å². The molecule has 0 aliphatic heterocycles. The highest BCUT2D eigenvalue weighted by atomic mass is 16.3. The summed E-state index contributed by atoms with van der Waals surface area (Å²) in [4.78, 5) is 10.5. The van der Waals surface area contributed by atoms with Gasteiger partial charge in [-0.1, -0.05) is 13.8 Å². The van der Waals surface area contributed by atoms with Crippen LogP contribution < -0.4 is 5.73 Å². The van der Waals surface area contributed by atoms with Crippen molar-refractivity contribution in [3.05, 3.63) is 0 Å². The molecule has 1 unspecified atom stereocenters. The summed E-state index contributed by atoms with van der Waals surface area (Å²) < 4.78 is 0. The molecule has 0 heterocycles. The molecule has 3 heteroatoms. The molecule has 1 amide bonds. The number of amides is 1. The fourth-order valence-corrected chi connectivity index (χ4v) is 0.896. The highest BCUT2D eigenvalue weighted by molar-refractivity contribution is 5.82. The monoisotopic (exact) mass is 145 g/mol. The Balaban J connectivity index is 4.00. The average Bonchev–Trinajstić information content (AvgIpc) is 1.60. The maximum Gasteiger partial charge on any atom is 0.249 e. The minimum absolute atomic E-state index is 0.280. The van der Waals surface area contributed by atoms with Crippen molar-refractivity contribution in [3.8, 4) is 0 Å². The molecule has 0 saturated heterocycles. The van der Waals surface area contributed by atoms with Crippen LogP contribution in [0.5, 0.6) is 0 Å². The summed E-state index contributed by atoms with van der Waals surface area (Å²) in [6, 6.07) is 0. The second-order valence-electron chi connectivity index (χ2n) is 3.24. The van der Waals surface area contributed by atoms with Gasteiger partial charge < -0.3 is 10.8 Å². The van der Waals surface area contributed by atoms with E-state index in [2.05, 4.69) is 0 Å². The second kappa shape index (κ2) is 3.01. The van der Waals surface area contributed by atoms with Gasteiger partial charge in [-0.05, 0) is 19.3 Å². The van der Waals surface area contributed by atoms with Gasteiger partial charge in [0.05, 0.1) is 0 Å². The molecule has 0 aromatic rings. The summed E-state index contributed by atoms with van der Waals surface area (Å²) in [7, 11) is 0. The average molecular weight is 145 g/mol. The Morgan fingerprint density at radius 3 is 2.20 bits per heavy atom. The van der Waals surface area contributed by atoms with E-state index in [-0.39, 0.29) is 5.92 Å². The van der Waals surface area contributed by atoms with Crippen LogP contribution in [0.15, 0.2) is 0 Å². The third-order valence-corrected chi connectivity index (χ3v) is 1.34. The molecule has 1 atom stereocenters. The number of carbonyl (C=O) groups excluding carboxylic acids is 1. The van der Waals surface area contributed by atoms with Crippen molar-refractivity contribution < 1.29 is 9.90 Å². The lowest BCUT2D eigenvalue weighted by molar-refractivity contribution is -0.135. The standard InChI is InChI=1S/C7H15NO2/c1-5(2)4-7(3,10)6(8)9/h5,10H,4H2,1-3H3,(H2,8,9). The molecule has 0 saturated carbocycles.